The molecule has 0 spiro atoms. The van der Waals surface area contributed by atoms with Crippen LogP contribution in [-0.4, -0.2) is 61.2 Å². The molecule has 0 amide bonds. The van der Waals surface area contributed by atoms with Crippen LogP contribution in [0.5, 0.6) is 0 Å². The van der Waals surface area contributed by atoms with Gasteiger partial charge in [-0.25, -0.2) is 18.4 Å². The predicted octanol–water partition coefficient (Wildman–Crippen LogP) is 0.920. The van der Waals surface area contributed by atoms with Crippen LogP contribution in [0.4, 0.5) is 11.6 Å². The van der Waals surface area contributed by atoms with Gasteiger partial charge in [0.05, 0.1) is 5.75 Å². The lowest BCUT2D eigenvalue weighted by atomic mass is 9.99. The number of aromatic nitrogens is 2. The highest BCUT2D eigenvalue weighted by Crippen LogP contribution is 2.22. The molecule has 0 radical (unpaired) electrons. The summed E-state index contributed by atoms with van der Waals surface area (Å²) in [7, 11) is -2.95. The molecular weight excluding hydrogens is 316 g/mol. The highest BCUT2D eigenvalue weighted by Gasteiger charge is 2.20. The first-order valence-electron chi connectivity index (χ1n) is 7.99. The molecule has 0 aromatic carbocycles. The molecule has 2 heterocycles. The maximum Gasteiger partial charge on any atom is 0.147 e. The van der Waals surface area contributed by atoms with Gasteiger partial charge in [-0.05, 0) is 32.1 Å². The van der Waals surface area contributed by atoms with E-state index in [2.05, 4.69) is 20.2 Å². The van der Waals surface area contributed by atoms with Gasteiger partial charge in [-0.3, -0.25) is 0 Å². The van der Waals surface area contributed by atoms with E-state index in [-0.39, 0.29) is 18.4 Å². The Morgan fingerprint density at radius 1 is 1.48 bits per heavy atom. The summed E-state index contributed by atoms with van der Waals surface area (Å²) in [5, 5.41) is 12.6. The summed E-state index contributed by atoms with van der Waals surface area (Å²) >= 11 is 0. The Bertz CT molecular complexity index is 608. The van der Waals surface area contributed by atoms with Gasteiger partial charge >= 0.3 is 0 Å². The van der Waals surface area contributed by atoms with Crippen molar-refractivity contribution in [3.8, 4) is 0 Å². The van der Waals surface area contributed by atoms with Gasteiger partial charge in [0.2, 0.25) is 0 Å². The fourth-order valence-electron chi connectivity index (χ4n) is 2.74. The molecule has 2 unspecified atom stereocenters. The summed E-state index contributed by atoms with van der Waals surface area (Å²) in [4.78, 5) is 10.7. The normalized spacial score (nSPS) is 20.3. The van der Waals surface area contributed by atoms with Crippen molar-refractivity contribution in [2.24, 2.45) is 5.92 Å². The highest BCUT2D eigenvalue weighted by atomic mass is 32.2. The molecule has 1 aromatic rings. The van der Waals surface area contributed by atoms with Gasteiger partial charge < -0.3 is 15.3 Å². The number of piperidine rings is 1. The largest absolute Gasteiger partial charge is 0.396 e. The molecule has 130 valence electrons. The molecule has 2 atom stereocenters. The third-order valence-corrected chi connectivity index (χ3v) is 5.05. The zero-order chi connectivity index (χ0) is 16.9. The lowest BCUT2D eigenvalue weighted by Gasteiger charge is -2.32. The minimum atomic E-state index is -2.95. The Morgan fingerprint density at radius 3 is 2.96 bits per heavy atom. The summed E-state index contributed by atoms with van der Waals surface area (Å²) in [5.41, 5.74) is 0. The maximum absolute atomic E-state index is 11.2. The molecule has 2 rings (SSSR count). The molecular formula is C15H26N4O3S. The fraction of sp³-hybridized carbons (Fsp3) is 0.733. The van der Waals surface area contributed by atoms with E-state index in [0.717, 1.165) is 31.7 Å². The van der Waals surface area contributed by atoms with Crippen LogP contribution < -0.4 is 10.2 Å². The van der Waals surface area contributed by atoms with E-state index in [9.17, 15) is 13.5 Å². The van der Waals surface area contributed by atoms with Gasteiger partial charge in [0, 0.05) is 38.1 Å². The number of sulfone groups is 1. The van der Waals surface area contributed by atoms with Crippen LogP contribution in [0.3, 0.4) is 0 Å². The molecule has 1 aromatic heterocycles. The first-order chi connectivity index (χ1) is 10.9. The molecule has 23 heavy (non-hydrogen) atoms. The number of nitrogens with one attached hydrogen (secondary N) is 1. The fourth-order valence-corrected chi connectivity index (χ4v) is 3.52. The highest BCUT2D eigenvalue weighted by molar-refractivity contribution is 7.90. The topological polar surface area (TPSA) is 95.4 Å². The molecule has 1 aliphatic rings. The van der Waals surface area contributed by atoms with Crippen molar-refractivity contribution in [2.45, 2.75) is 32.2 Å². The van der Waals surface area contributed by atoms with E-state index in [0.29, 0.717) is 18.2 Å². The Morgan fingerprint density at radius 2 is 2.26 bits per heavy atom. The zero-order valence-corrected chi connectivity index (χ0v) is 14.6. The van der Waals surface area contributed by atoms with E-state index in [1.165, 1.54) is 12.6 Å². The summed E-state index contributed by atoms with van der Waals surface area (Å²) in [6.45, 7) is 3.87. The molecule has 0 aliphatic carbocycles. The van der Waals surface area contributed by atoms with Crippen LogP contribution in [0.1, 0.15) is 26.2 Å². The lowest BCUT2D eigenvalue weighted by Crippen LogP contribution is -2.37. The monoisotopic (exact) mass is 342 g/mol. The quantitative estimate of drug-likeness (QED) is 0.761. The average Bonchev–Trinajstić information content (AvgIpc) is 2.53. The summed E-state index contributed by atoms with van der Waals surface area (Å²) < 4.78 is 22.5. The molecule has 1 saturated heterocycles. The van der Waals surface area contributed by atoms with Crippen LogP contribution in [0.25, 0.3) is 0 Å². The smallest absolute Gasteiger partial charge is 0.147 e. The molecule has 1 aliphatic heterocycles. The number of hydrogen-bond donors (Lipinski definition) is 2. The number of nitrogens with zero attached hydrogens (tertiary/aromatic N) is 3. The number of anilines is 2. The zero-order valence-electron chi connectivity index (χ0n) is 13.8. The van der Waals surface area contributed by atoms with Crippen molar-refractivity contribution in [2.75, 3.05) is 41.9 Å². The average molecular weight is 342 g/mol. The van der Waals surface area contributed by atoms with Crippen LogP contribution in [0.15, 0.2) is 12.4 Å². The number of aliphatic hydroxyl groups is 1. The van der Waals surface area contributed by atoms with Crippen molar-refractivity contribution < 1.29 is 13.5 Å². The van der Waals surface area contributed by atoms with Crippen LogP contribution in [0.2, 0.25) is 0 Å². The van der Waals surface area contributed by atoms with Crippen molar-refractivity contribution >= 4 is 21.5 Å². The molecule has 7 nitrogen and oxygen atoms in total. The van der Waals surface area contributed by atoms with Gasteiger partial charge in [0.15, 0.2) is 0 Å². The Labute approximate surface area is 138 Å². The van der Waals surface area contributed by atoms with Crippen molar-refractivity contribution in [1.29, 1.82) is 0 Å². The Balaban J connectivity index is 1.96. The number of hydrogen-bond acceptors (Lipinski definition) is 7. The Kier molecular flexibility index (Phi) is 6.17. The van der Waals surface area contributed by atoms with Crippen molar-refractivity contribution in [3.63, 3.8) is 0 Å². The SMILES string of the molecule is CC(CCS(C)(=O)=O)Nc1cc(N2CCCC(CO)C2)ncn1. The standard InChI is InChI=1S/C15H26N4O3S/c1-12(5-7-23(2,21)22)18-14-8-15(17-11-16-14)19-6-3-4-13(9-19)10-20/h8,11-13,20H,3-7,9-10H2,1-2H3,(H,16,17,18). The first kappa shape index (κ1) is 17.9. The van der Waals surface area contributed by atoms with Gasteiger partial charge in [-0.2, -0.15) is 0 Å². The van der Waals surface area contributed by atoms with E-state index < -0.39 is 9.84 Å². The second-order valence-electron chi connectivity index (χ2n) is 6.36. The van der Waals surface area contributed by atoms with Crippen molar-refractivity contribution in [3.05, 3.63) is 12.4 Å². The van der Waals surface area contributed by atoms with Crippen LogP contribution in [-0.2, 0) is 9.84 Å². The molecule has 2 N–H and O–H groups in total. The third kappa shape index (κ3) is 5.95. The summed E-state index contributed by atoms with van der Waals surface area (Å²) in [6, 6.07) is 1.90. The third-order valence-electron chi connectivity index (χ3n) is 4.07. The second-order valence-corrected chi connectivity index (χ2v) is 8.62. The molecule has 8 heteroatoms. The van der Waals surface area contributed by atoms with E-state index in [1.54, 1.807) is 0 Å². The molecule has 0 bridgehead atoms. The van der Waals surface area contributed by atoms with Gasteiger partial charge in [0.25, 0.3) is 0 Å². The Hall–Kier alpha value is -1.41. The molecule has 1 fully saturated rings. The maximum atomic E-state index is 11.2. The van der Waals surface area contributed by atoms with E-state index >= 15 is 0 Å². The first-order valence-corrected chi connectivity index (χ1v) is 10.1. The van der Waals surface area contributed by atoms with Gasteiger partial charge in [-0.15, -0.1) is 0 Å². The predicted molar refractivity (Wildman–Crippen MR) is 91.5 cm³/mol. The van der Waals surface area contributed by atoms with E-state index in [1.807, 2.05) is 13.0 Å². The molecule has 0 saturated carbocycles. The number of aliphatic hydroxyl groups excluding tert-OH is 1. The van der Waals surface area contributed by atoms with Gasteiger partial charge in [-0.1, -0.05) is 0 Å². The van der Waals surface area contributed by atoms with Crippen molar-refractivity contribution in [1.82, 2.24) is 9.97 Å². The number of rotatable bonds is 7. The second kappa shape index (κ2) is 7.92. The summed E-state index contributed by atoms with van der Waals surface area (Å²) in [6.07, 6.45) is 5.39. The van der Waals surface area contributed by atoms with Crippen LogP contribution >= 0.6 is 0 Å². The van der Waals surface area contributed by atoms with Crippen LogP contribution in [0, 0.1) is 5.92 Å². The van der Waals surface area contributed by atoms with Gasteiger partial charge in [0.1, 0.15) is 27.8 Å². The summed E-state index contributed by atoms with van der Waals surface area (Å²) in [5.74, 6) is 1.99. The minimum absolute atomic E-state index is 0.0130. The van der Waals surface area contributed by atoms with E-state index in [4.69, 9.17) is 0 Å². The lowest BCUT2D eigenvalue weighted by molar-refractivity contribution is 0.208. The minimum Gasteiger partial charge on any atom is -0.396 e.